The van der Waals surface area contributed by atoms with Gasteiger partial charge in [0.2, 0.25) is 10.0 Å². The second-order valence-corrected chi connectivity index (χ2v) is 8.70. The fourth-order valence-corrected chi connectivity index (χ4v) is 3.82. The Hall–Kier alpha value is -2.38. The fraction of sp³-hybridized carbons (Fsp3) is 0.316. The summed E-state index contributed by atoms with van der Waals surface area (Å²) in [5, 5.41) is 2.77. The minimum Gasteiger partial charge on any atom is -0.497 e. The highest BCUT2D eigenvalue weighted by molar-refractivity contribution is 7.89. The maximum atomic E-state index is 12.6. The van der Waals surface area contributed by atoms with Crippen LogP contribution in [0.4, 0.5) is 5.69 Å². The number of nitrogens with one attached hydrogen (secondary N) is 2. The lowest BCUT2D eigenvalue weighted by Crippen LogP contribution is -2.40. The molecule has 0 spiro atoms. The Labute approximate surface area is 154 Å². The Balaban J connectivity index is 2.33. The monoisotopic (exact) mass is 376 g/mol. The first-order valence-electron chi connectivity index (χ1n) is 8.12. The Bertz CT molecular complexity index is 915. The third-order valence-electron chi connectivity index (χ3n) is 3.53. The van der Waals surface area contributed by atoms with Gasteiger partial charge in [0, 0.05) is 22.9 Å². The summed E-state index contributed by atoms with van der Waals surface area (Å²) in [5.74, 6) is 0.230. The highest BCUT2D eigenvalue weighted by Gasteiger charge is 2.23. The van der Waals surface area contributed by atoms with Gasteiger partial charge in [-0.15, -0.1) is 0 Å². The van der Waals surface area contributed by atoms with Crippen LogP contribution >= 0.6 is 0 Å². The smallest absolute Gasteiger partial charge is 0.255 e. The van der Waals surface area contributed by atoms with Gasteiger partial charge in [-0.25, -0.2) is 13.1 Å². The Morgan fingerprint density at radius 2 is 1.77 bits per heavy atom. The zero-order chi connectivity index (χ0) is 19.5. The van der Waals surface area contributed by atoms with Crippen molar-refractivity contribution in [2.24, 2.45) is 0 Å². The number of carbonyl (C=O) groups is 1. The standard InChI is InChI=1S/C19H24N2O4S/c1-13-9-10-16(26(23,24)21-19(2,3)4)12-17(13)18(22)20-14-7-6-8-15(11-14)25-5/h6-12,21H,1-5H3,(H,20,22). The molecule has 0 radical (unpaired) electrons. The highest BCUT2D eigenvalue weighted by atomic mass is 32.2. The SMILES string of the molecule is COc1cccc(NC(=O)c2cc(S(=O)(=O)NC(C)(C)C)ccc2C)c1. The van der Waals surface area contributed by atoms with Gasteiger partial charge < -0.3 is 10.1 Å². The van der Waals surface area contributed by atoms with Crippen LogP contribution in [0.5, 0.6) is 5.75 Å². The molecule has 0 bridgehead atoms. The molecule has 0 aromatic heterocycles. The van der Waals surface area contributed by atoms with Gasteiger partial charge in [-0.05, 0) is 57.5 Å². The molecule has 2 aromatic rings. The number of aryl methyl sites for hydroxylation is 1. The molecule has 0 fully saturated rings. The molecule has 7 heteroatoms. The number of ether oxygens (including phenoxy) is 1. The Morgan fingerprint density at radius 3 is 2.38 bits per heavy atom. The minimum absolute atomic E-state index is 0.0498. The van der Waals surface area contributed by atoms with Crippen molar-refractivity contribution in [3.8, 4) is 5.75 Å². The Morgan fingerprint density at radius 1 is 1.08 bits per heavy atom. The van der Waals surface area contributed by atoms with Crippen molar-refractivity contribution in [3.63, 3.8) is 0 Å². The lowest BCUT2D eigenvalue weighted by molar-refractivity contribution is 0.102. The molecule has 2 aromatic carbocycles. The van der Waals surface area contributed by atoms with Gasteiger partial charge >= 0.3 is 0 Å². The summed E-state index contributed by atoms with van der Waals surface area (Å²) in [4.78, 5) is 12.7. The molecule has 0 atom stereocenters. The molecule has 0 aliphatic heterocycles. The third-order valence-corrected chi connectivity index (χ3v) is 5.29. The summed E-state index contributed by atoms with van der Waals surface area (Å²) < 4.78 is 32.8. The molecular weight excluding hydrogens is 352 g/mol. The van der Waals surface area contributed by atoms with Gasteiger partial charge in [0.1, 0.15) is 5.75 Å². The number of sulfonamides is 1. The molecule has 26 heavy (non-hydrogen) atoms. The number of hydrogen-bond acceptors (Lipinski definition) is 4. The normalized spacial score (nSPS) is 11.9. The van der Waals surface area contributed by atoms with E-state index in [1.54, 1.807) is 65.1 Å². The zero-order valence-electron chi connectivity index (χ0n) is 15.6. The van der Waals surface area contributed by atoms with Crippen molar-refractivity contribution in [2.45, 2.75) is 38.1 Å². The number of amides is 1. The van der Waals surface area contributed by atoms with Crippen molar-refractivity contribution in [3.05, 3.63) is 53.6 Å². The number of carbonyl (C=O) groups excluding carboxylic acids is 1. The van der Waals surface area contributed by atoms with E-state index in [9.17, 15) is 13.2 Å². The Kier molecular flexibility index (Phi) is 5.73. The van der Waals surface area contributed by atoms with Crippen molar-refractivity contribution >= 4 is 21.6 Å². The first-order chi connectivity index (χ1) is 12.0. The van der Waals surface area contributed by atoms with Crippen LogP contribution in [0.3, 0.4) is 0 Å². The molecule has 0 heterocycles. The molecule has 0 saturated carbocycles. The van der Waals surface area contributed by atoms with Crippen molar-refractivity contribution in [1.29, 1.82) is 0 Å². The summed E-state index contributed by atoms with van der Waals surface area (Å²) in [6.45, 7) is 7.04. The first kappa shape index (κ1) is 19.9. The third kappa shape index (κ3) is 5.06. The maximum Gasteiger partial charge on any atom is 0.255 e. The van der Waals surface area contributed by atoms with Gasteiger partial charge in [-0.1, -0.05) is 12.1 Å². The lowest BCUT2D eigenvalue weighted by Gasteiger charge is -2.20. The summed E-state index contributed by atoms with van der Waals surface area (Å²) in [5.41, 5.74) is 0.923. The molecule has 0 aliphatic rings. The number of anilines is 1. The van der Waals surface area contributed by atoms with Crippen molar-refractivity contribution in [1.82, 2.24) is 4.72 Å². The summed E-state index contributed by atoms with van der Waals surface area (Å²) >= 11 is 0. The molecule has 2 N–H and O–H groups in total. The second kappa shape index (κ2) is 7.47. The summed E-state index contributed by atoms with van der Waals surface area (Å²) in [6, 6.07) is 11.5. The predicted octanol–water partition coefficient (Wildman–Crippen LogP) is 3.33. The summed E-state index contributed by atoms with van der Waals surface area (Å²) in [7, 11) is -2.18. The van der Waals surface area contributed by atoms with Crippen molar-refractivity contribution < 1.29 is 17.9 Å². The van der Waals surface area contributed by atoms with Crippen LogP contribution in [0.1, 0.15) is 36.7 Å². The average molecular weight is 376 g/mol. The molecule has 0 saturated heterocycles. The number of methoxy groups -OCH3 is 1. The van der Waals surface area contributed by atoms with E-state index in [1.807, 2.05) is 0 Å². The second-order valence-electron chi connectivity index (χ2n) is 7.02. The quantitative estimate of drug-likeness (QED) is 0.838. The van der Waals surface area contributed by atoms with Crippen LogP contribution in [0.15, 0.2) is 47.4 Å². The van der Waals surface area contributed by atoms with Crippen LogP contribution in [-0.2, 0) is 10.0 Å². The highest BCUT2D eigenvalue weighted by Crippen LogP contribution is 2.21. The van der Waals surface area contributed by atoms with Crippen LogP contribution < -0.4 is 14.8 Å². The van der Waals surface area contributed by atoms with Gasteiger partial charge in [0.25, 0.3) is 5.91 Å². The largest absolute Gasteiger partial charge is 0.497 e. The number of hydrogen-bond donors (Lipinski definition) is 2. The van der Waals surface area contributed by atoms with E-state index in [4.69, 9.17) is 4.74 Å². The zero-order valence-corrected chi connectivity index (χ0v) is 16.4. The van der Waals surface area contributed by atoms with Crippen molar-refractivity contribution in [2.75, 3.05) is 12.4 Å². The van der Waals surface area contributed by atoms with E-state index in [0.717, 1.165) is 0 Å². The van der Waals surface area contributed by atoms with Gasteiger partial charge in [-0.2, -0.15) is 0 Å². The van der Waals surface area contributed by atoms with E-state index in [2.05, 4.69) is 10.0 Å². The first-order valence-corrected chi connectivity index (χ1v) is 9.60. The molecule has 0 unspecified atom stereocenters. The molecule has 6 nitrogen and oxygen atoms in total. The fourth-order valence-electron chi connectivity index (χ4n) is 2.37. The molecule has 2 rings (SSSR count). The van der Waals surface area contributed by atoms with Gasteiger partial charge in [0.15, 0.2) is 0 Å². The molecule has 0 aliphatic carbocycles. The molecule has 1 amide bonds. The maximum absolute atomic E-state index is 12.6. The van der Waals surface area contributed by atoms with Gasteiger partial charge in [-0.3, -0.25) is 4.79 Å². The average Bonchev–Trinajstić information content (AvgIpc) is 2.52. The van der Waals surface area contributed by atoms with Crippen LogP contribution in [0.25, 0.3) is 0 Å². The minimum atomic E-state index is -3.72. The van der Waals surface area contributed by atoms with E-state index >= 15 is 0 Å². The molecular formula is C19H24N2O4S. The summed E-state index contributed by atoms with van der Waals surface area (Å²) in [6.07, 6.45) is 0. The number of rotatable bonds is 5. The molecule has 140 valence electrons. The van der Waals surface area contributed by atoms with E-state index < -0.39 is 15.6 Å². The van der Waals surface area contributed by atoms with E-state index in [-0.39, 0.29) is 10.8 Å². The van der Waals surface area contributed by atoms with E-state index in [1.165, 1.54) is 12.1 Å². The van der Waals surface area contributed by atoms with Gasteiger partial charge in [0.05, 0.1) is 12.0 Å². The lowest BCUT2D eigenvalue weighted by atomic mass is 10.1. The topological polar surface area (TPSA) is 84.5 Å². The van der Waals surface area contributed by atoms with Crippen LogP contribution in [-0.4, -0.2) is 27.0 Å². The van der Waals surface area contributed by atoms with E-state index in [0.29, 0.717) is 22.6 Å². The van der Waals surface area contributed by atoms with Crippen LogP contribution in [0, 0.1) is 6.92 Å². The number of benzene rings is 2. The predicted molar refractivity (Wildman–Crippen MR) is 102 cm³/mol. The van der Waals surface area contributed by atoms with Crippen LogP contribution in [0.2, 0.25) is 0 Å².